The Morgan fingerprint density at radius 2 is 2.11 bits per heavy atom. The van der Waals surface area contributed by atoms with Crippen molar-refractivity contribution in [1.29, 1.82) is 0 Å². The predicted molar refractivity (Wildman–Crippen MR) is 108 cm³/mol. The van der Waals surface area contributed by atoms with Crippen LogP contribution in [0.1, 0.15) is 26.2 Å². The molecule has 144 valence electrons. The number of para-hydroxylation sites is 1. The van der Waals surface area contributed by atoms with Crippen molar-refractivity contribution in [3.63, 3.8) is 0 Å². The molecule has 28 heavy (non-hydrogen) atoms. The van der Waals surface area contributed by atoms with Gasteiger partial charge in [-0.1, -0.05) is 24.1 Å². The van der Waals surface area contributed by atoms with E-state index in [1.54, 1.807) is 37.4 Å². The second-order valence-electron chi connectivity index (χ2n) is 6.68. The molecule has 1 fully saturated rings. The van der Waals surface area contributed by atoms with Crippen LogP contribution < -0.4 is 15.0 Å². The van der Waals surface area contributed by atoms with Crippen LogP contribution >= 0.6 is 0 Å². The summed E-state index contributed by atoms with van der Waals surface area (Å²) in [6, 6.07) is 12.6. The van der Waals surface area contributed by atoms with Crippen molar-refractivity contribution in [2.75, 3.05) is 23.3 Å². The van der Waals surface area contributed by atoms with Gasteiger partial charge in [-0.05, 0) is 49.8 Å². The van der Waals surface area contributed by atoms with Crippen LogP contribution in [0, 0.1) is 17.8 Å². The van der Waals surface area contributed by atoms with Gasteiger partial charge in [-0.15, -0.1) is 0 Å². The lowest BCUT2D eigenvalue weighted by atomic mass is 9.92. The standard InChI is InChI=1S/C22H23N3O3/c1-2-7-19(26)14-17-8-6-13-25(16-17)18-11-12-23-21(15-18)24-22(27)28-20-9-4-3-5-10-20/h3-5,9-12,15,17H,6,8,13-14,16H2,1H3,(H,23,24,27)/t17-/m0/s1. The first-order valence-electron chi connectivity index (χ1n) is 9.34. The minimum atomic E-state index is -0.587. The van der Waals surface area contributed by atoms with Crippen molar-refractivity contribution in [1.82, 2.24) is 4.98 Å². The summed E-state index contributed by atoms with van der Waals surface area (Å²) in [5.41, 5.74) is 0.962. The summed E-state index contributed by atoms with van der Waals surface area (Å²) in [5, 5.41) is 2.66. The summed E-state index contributed by atoms with van der Waals surface area (Å²) in [7, 11) is 0. The molecule has 1 amide bonds. The van der Waals surface area contributed by atoms with Crippen molar-refractivity contribution in [2.45, 2.75) is 26.2 Å². The highest BCUT2D eigenvalue weighted by atomic mass is 16.6. The Bertz CT molecular complexity index is 887. The zero-order valence-corrected chi connectivity index (χ0v) is 15.9. The molecule has 2 aromatic rings. The quantitative estimate of drug-likeness (QED) is 0.632. The first kappa shape index (κ1) is 19.4. The third kappa shape index (κ3) is 5.58. The molecular weight excluding hydrogens is 354 g/mol. The van der Waals surface area contributed by atoms with Crippen LogP contribution in [-0.4, -0.2) is 29.9 Å². The summed E-state index contributed by atoms with van der Waals surface area (Å²) >= 11 is 0. The minimum Gasteiger partial charge on any atom is -0.410 e. The third-order valence-corrected chi connectivity index (χ3v) is 4.55. The third-order valence-electron chi connectivity index (χ3n) is 4.55. The molecule has 3 rings (SSSR count). The lowest BCUT2D eigenvalue weighted by Gasteiger charge is -2.34. The summed E-state index contributed by atoms with van der Waals surface area (Å²) in [4.78, 5) is 30.3. The van der Waals surface area contributed by atoms with Gasteiger partial charge in [0.15, 0.2) is 0 Å². The fraction of sp³-hybridized carbons (Fsp3) is 0.318. The molecule has 6 nitrogen and oxygen atoms in total. The van der Waals surface area contributed by atoms with Gasteiger partial charge in [-0.25, -0.2) is 9.78 Å². The van der Waals surface area contributed by atoms with Gasteiger partial charge in [-0.3, -0.25) is 10.1 Å². The number of hydrogen-bond donors (Lipinski definition) is 1. The van der Waals surface area contributed by atoms with Crippen LogP contribution in [0.15, 0.2) is 48.7 Å². The van der Waals surface area contributed by atoms with Gasteiger partial charge in [0.2, 0.25) is 5.78 Å². The Morgan fingerprint density at radius 3 is 2.89 bits per heavy atom. The van der Waals surface area contributed by atoms with Crippen molar-refractivity contribution < 1.29 is 14.3 Å². The number of hydrogen-bond acceptors (Lipinski definition) is 5. The van der Waals surface area contributed by atoms with Crippen LogP contribution in [0.4, 0.5) is 16.3 Å². The average molecular weight is 377 g/mol. The molecule has 0 radical (unpaired) electrons. The second-order valence-corrected chi connectivity index (χ2v) is 6.68. The summed E-state index contributed by atoms with van der Waals surface area (Å²) < 4.78 is 5.23. The number of carbonyl (C=O) groups excluding carboxylic acids is 2. The van der Waals surface area contributed by atoms with Crippen molar-refractivity contribution >= 4 is 23.4 Å². The maximum atomic E-state index is 12.1. The van der Waals surface area contributed by atoms with Crippen LogP contribution in [0.5, 0.6) is 5.75 Å². The van der Waals surface area contributed by atoms with Gasteiger partial charge < -0.3 is 9.64 Å². The smallest absolute Gasteiger partial charge is 0.410 e. The molecule has 1 aromatic carbocycles. The number of pyridine rings is 1. The second kappa shape index (κ2) is 9.56. The van der Waals surface area contributed by atoms with E-state index in [0.717, 1.165) is 31.6 Å². The largest absolute Gasteiger partial charge is 0.418 e. The van der Waals surface area contributed by atoms with E-state index in [1.807, 2.05) is 18.2 Å². The Labute approximate surface area is 164 Å². The molecule has 0 unspecified atom stereocenters. The number of ketones is 1. The lowest BCUT2D eigenvalue weighted by Crippen LogP contribution is -2.36. The highest BCUT2D eigenvalue weighted by Gasteiger charge is 2.22. The number of carbonyl (C=O) groups is 2. The van der Waals surface area contributed by atoms with E-state index in [0.29, 0.717) is 18.0 Å². The molecule has 6 heteroatoms. The van der Waals surface area contributed by atoms with Crippen molar-refractivity contribution in [3.8, 4) is 17.6 Å². The number of anilines is 2. The van der Waals surface area contributed by atoms with E-state index in [-0.39, 0.29) is 11.7 Å². The van der Waals surface area contributed by atoms with E-state index in [9.17, 15) is 9.59 Å². The van der Waals surface area contributed by atoms with Crippen molar-refractivity contribution in [3.05, 3.63) is 48.7 Å². The highest BCUT2D eigenvalue weighted by Crippen LogP contribution is 2.26. The van der Waals surface area contributed by atoms with Gasteiger partial charge in [0.1, 0.15) is 11.6 Å². The normalized spacial score (nSPS) is 15.9. The number of piperidine rings is 1. The van der Waals surface area contributed by atoms with Gasteiger partial charge in [0.25, 0.3) is 0 Å². The maximum Gasteiger partial charge on any atom is 0.418 e. The molecule has 0 aliphatic carbocycles. The van der Waals surface area contributed by atoms with Gasteiger partial charge in [-0.2, -0.15) is 0 Å². The molecule has 1 aliphatic rings. The minimum absolute atomic E-state index is 0.00454. The molecule has 1 saturated heterocycles. The van der Waals surface area contributed by atoms with Gasteiger partial charge in [0, 0.05) is 37.5 Å². The predicted octanol–water partition coefficient (Wildman–Crippen LogP) is 3.89. The number of Topliss-reactive ketones (excluding diaryl/α,β-unsaturated/α-hetero) is 1. The first-order valence-corrected chi connectivity index (χ1v) is 9.34. The van der Waals surface area contributed by atoms with Gasteiger partial charge >= 0.3 is 6.09 Å². The molecular formula is C22H23N3O3. The number of amides is 1. The SMILES string of the molecule is CC#CC(=O)C[C@@H]1CCCN(c2ccnc(NC(=O)Oc3ccccc3)c2)C1. The summed E-state index contributed by atoms with van der Waals surface area (Å²) in [6.45, 7) is 3.37. The molecule has 1 atom stereocenters. The number of ether oxygens (including phenoxy) is 1. The van der Waals surface area contributed by atoms with E-state index in [1.165, 1.54) is 0 Å². The maximum absolute atomic E-state index is 12.1. The number of benzene rings is 1. The summed E-state index contributed by atoms with van der Waals surface area (Å²) in [5.74, 6) is 6.46. The number of aromatic nitrogens is 1. The van der Waals surface area contributed by atoms with Crippen LogP contribution in [0.2, 0.25) is 0 Å². The van der Waals surface area contributed by atoms with Crippen LogP contribution in [0.3, 0.4) is 0 Å². The Kier molecular flexibility index (Phi) is 6.64. The molecule has 1 aromatic heterocycles. The molecule has 2 heterocycles. The Balaban J connectivity index is 1.61. The van der Waals surface area contributed by atoms with E-state index < -0.39 is 6.09 Å². The Morgan fingerprint density at radius 1 is 1.29 bits per heavy atom. The lowest BCUT2D eigenvalue weighted by molar-refractivity contribution is -0.114. The highest BCUT2D eigenvalue weighted by molar-refractivity contribution is 5.95. The molecule has 0 saturated carbocycles. The fourth-order valence-corrected chi connectivity index (χ4v) is 3.33. The number of nitrogens with zero attached hydrogens (tertiary/aromatic N) is 2. The van der Waals surface area contributed by atoms with Crippen LogP contribution in [-0.2, 0) is 4.79 Å². The monoisotopic (exact) mass is 377 g/mol. The Hall–Kier alpha value is -3.33. The molecule has 0 bridgehead atoms. The molecule has 1 N–H and O–H groups in total. The zero-order valence-electron chi connectivity index (χ0n) is 15.9. The van der Waals surface area contributed by atoms with E-state index >= 15 is 0 Å². The van der Waals surface area contributed by atoms with Gasteiger partial charge in [0.05, 0.1) is 0 Å². The first-order chi connectivity index (χ1) is 13.6. The van der Waals surface area contributed by atoms with E-state index in [4.69, 9.17) is 4.74 Å². The fourth-order valence-electron chi connectivity index (χ4n) is 3.33. The molecule has 1 aliphatic heterocycles. The van der Waals surface area contributed by atoms with Crippen LogP contribution in [0.25, 0.3) is 0 Å². The topological polar surface area (TPSA) is 71.5 Å². The van der Waals surface area contributed by atoms with E-state index in [2.05, 4.69) is 27.0 Å². The summed E-state index contributed by atoms with van der Waals surface area (Å²) in [6.07, 6.45) is 3.59. The molecule has 0 spiro atoms. The van der Waals surface area contributed by atoms with Crippen molar-refractivity contribution in [2.24, 2.45) is 5.92 Å². The number of nitrogens with one attached hydrogen (secondary N) is 1. The average Bonchev–Trinajstić information content (AvgIpc) is 2.69. The number of rotatable bonds is 5. The zero-order chi connectivity index (χ0) is 19.8.